The van der Waals surface area contributed by atoms with Crippen molar-refractivity contribution in [2.45, 2.75) is 44.4 Å². The third kappa shape index (κ3) is 6.33. The first-order valence-corrected chi connectivity index (χ1v) is 8.77. The van der Waals surface area contributed by atoms with Crippen LogP contribution in [0, 0.1) is 11.8 Å². The van der Waals surface area contributed by atoms with Crippen LogP contribution in [0.3, 0.4) is 0 Å². The normalized spacial score (nSPS) is 18.7. The molecule has 10 heteroatoms. The Balaban J connectivity index is 1.93. The highest BCUT2D eigenvalue weighted by Crippen LogP contribution is 2.27. The zero-order valence-corrected chi connectivity index (χ0v) is 15.0. The molecule has 0 radical (unpaired) electrons. The standard InChI is InChI=1S/C17H25N5O5/c18-16-12(4-3-8-20-14(24)5-1-2-9-26-19)10-22(17(25)21-16)15-7-6-13(11-23)27-15/h10,13,15,23H,1-2,5-9,11,19H2,(H,20,24)(H2,18,21,25)/t13-,15+/m0/s1. The first-order chi connectivity index (χ1) is 13.0. The van der Waals surface area contributed by atoms with E-state index in [2.05, 4.69) is 27.0 Å². The van der Waals surface area contributed by atoms with Crippen molar-refractivity contribution in [2.75, 3.05) is 25.5 Å². The highest BCUT2D eigenvalue weighted by molar-refractivity contribution is 5.76. The Morgan fingerprint density at radius 1 is 1.48 bits per heavy atom. The smallest absolute Gasteiger partial charge is 0.351 e. The number of hydrogen-bond acceptors (Lipinski definition) is 8. The molecule has 0 unspecified atom stereocenters. The Labute approximate surface area is 156 Å². The zero-order chi connectivity index (χ0) is 19.6. The molecule has 2 heterocycles. The molecule has 0 bridgehead atoms. The zero-order valence-electron chi connectivity index (χ0n) is 15.0. The number of nitrogen functional groups attached to an aromatic ring is 1. The van der Waals surface area contributed by atoms with Crippen LogP contribution in [0.25, 0.3) is 0 Å². The fraction of sp³-hybridized carbons (Fsp3) is 0.588. The van der Waals surface area contributed by atoms with Crippen molar-refractivity contribution < 1.29 is 19.5 Å². The van der Waals surface area contributed by atoms with Crippen molar-refractivity contribution in [3.63, 3.8) is 0 Å². The molecule has 1 fully saturated rings. The summed E-state index contributed by atoms with van der Waals surface area (Å²) < 4.78 is 6.92. The molecule has 2 rings (SSSR count). The van der Waals surface area contributed by atoms with Gasteiger partial charge in [-0.1, -0.05) is 11.8 Å². The Morgan fingerprint density at radius 2 is 2.30 bits per heavy atom. The second kappa shape index (κ2) is 10.6. The summed E-state index contributed by atoms with van der Waals surface area (Å²) in [4.78, 5) is 31.9. The highest BCUT2D eigenvalue weighted by Gasteiger charge is 2.27. The van der Waals surface area contributed by atoms with E-state index in [0.29, 0.717) is 44.3 Å². The first kappa shape index (κ1) is 20.9. The van der Waals surface area contributed by atoms with Gasteiger partial charge in [-0.3, -0.25) is 9.36 Å². The van der Waals surface area contributed by atoms with E-state index in [0.717, 1.165) is 0 Å². The summed E-state index contributed by atoms with van der Waals surface area (Å²) in [5.74, 6) is 10.4. The molecule has 1 aromatic heterocycles. The molecule has 1 aromatic rings. The molecule has 1 aliphatic heterocycles. The van der Waals surface area contributed by atoms with Crippen LogP contribution >= 0.6 is 0 Å². The van der Waals surface area contributed by atoms with Crippen LogP contribution in [0.4, 0.5) is 5.82 Å². The van der Waals surface area contributed by atoms with Crippen LogP contribution in [-0.2, 0) is 14.4 Å². The topological polar surface area (TPSA) is 155 Å². The van der Waals surface area contributed by atoms with E-state index in [1.54, 1.807) is 0 Å². The Hall–Kier alpha value is -2.45. The van der Waals surface area contributed by atoms with Crippen LogP contribution in [0.15, 0.2) is 11.0 Å². The SMILES string of the molecule is NOCCCCC(=O)NCC#Cc1cn([C@H]2CC[C@@H](CO)O2)c(=O)nc1N. The third-order valence-corrected chi connectivity index (χ3v) is 4.09. The summed E-state index contributed by atoms with van der Waals surface area (Å²) in [7, 11) is 0. The largest absolute Gasteiger partial charge is 0.394 e. The third-order valence-electron chi connectivity index (χ3n) is 4.09. The van der Waals surface area contributed by atoms with Gasteiger partial charge in [0.05, 0.1) is 31.4 Å². The maximum Gasteiger partial charge on any atom is 0.351 e. The molecule has 0 aromatic carbocycles. The monoisotopic (exact) mass is 379 g/mol. The lowest BCUT2D eigenvalue weighted by molar-refractivity contribution is -0.121. The number of rotatable bonds is 8. The number of aromatic nitrogens is 2. The minimum absolute atomic E-state index is 0.0218. The maximum absolute atomic E-state index is 12.0. The lowest BCUT2D eigenvalue weighted by Crippen LogP contribution is -2.28. The molecule has 0 spiro atoms. The molecule has 6 N–H and O–H groups in total. The summed E-state index contributed by atoms with van der Waals surface area (Å²) in [5.41, 5.74) is 5.61. The van der Waals surface area contributed by atoms with Gasteiger partial charge in [0.2, 0.25) is 5.91 Å². The molecule has 10 nitrogen and oxygen atoms in total. The second-order valence-corrected chi connectivity index (χ2v) is 6.11. The van der Waals surface area contributed by atoms with E-state index >= 15 is 0 Å². The fourth-order valence-electron chi connectivity index (χ4n) is 2.65. The van der Waals surface area contributed by atoms with Crippen molar-refractivity contribution in [3.8, 4) is 11.8 Å². The van der Waals surface area contributed by atoms with Gasteiger partial charge >= 0.3 is 5.69 Å². The van der Waals surface area contributed by atoms with Gasteiger partial charge in [-0.05, 0) is 25.7 Å². The maximum atomic E-state index is 12.0. The molecule has 1 aliphatic rings. The first-order valence-electron chi connectivity index (χ1n) is 8.77. The fourth-order valence-corrected chi connectivity index (χ4v) is 2.65. The molecule has 1 saturated heterocycles. The number of nitrogens with one attached hydrogen (secondary N) is 1. The number of nitrogens with two attached hydrogens (primary N) is 2. The van der Waals surface area contributed by atoms with E-state index in [9.17, 15) is 9.59 Å². The van der Waals surface area contributed by atoms with Crippen molar-refractivity contribution >= 4 is 11.7 Å². The van der Waals surface area contributed by atoms with Crippen molar-refractivity contribution in [2.24, 2.45) is 5.90 Å². The molecule has 0 saturated carbocycles. The van der Waals surface area contributed by atoms with Gasteiger partial charge in [0.15, 0.2) is 0 Å². The van der Waals surface area contributed by atoms with E-state index in [1.807, 2.05) is 0 Å². The molecule has 0 aliphatic carbocycles. The minimum atomic E-state index is -0.531. The Kier molecular flexibility index (Phi) is 8.22. The summed E-state index contributed by atoms with van der Waals surface area (Å²) >= 11 is 0. The predicted molar refractivity (Wildman–Crippen MR) is 97.0 cm³/mol. The van der Waals surface area contributed by atoms with E-state index in [1.165, 1.54) is 10.8 Å². The van der Waals surface area contributed by atoms with E-state index in [-0.39, 0.29) is 31.0 Å². The van der Waals surface area contributed by atoms with Crippen LogP contribution < -0.4 is 22.6 Å². The Morgan fingerprint density at radius 3 is 3.00 bits per heavy atom. The minimum Gasteiger partial charge on any atom is -0.394 e. The van der Waals surface area contributed by atoms with Gasteiger partial charge in [-0.2, -0.15) is 4.98 Å². The van der Waals surface area contributed by atoms with E-state index < -0.39 is 11.9 Å². The van der Waals surface area contributed by atoms with Crippen LogP contribution in [0.1, 0.15) is 43.9 Å². The van der Waals surface area contributed by atoms with Gasteiger partial charge in [-0.15, -0.1) is 0 Å². The highest BCUT2D eigenvalue weighted by atomic mass is 16.6. The average Bonchev–Trinajstić information content (AvgIpc) is 3.12. The second-order valence-electron chi connectivity index (χ2n) is 6.11. The number of hydrogen-bond donors (Lipinski definition) is 4. The summed E-state index contributed by atoms with van der Waals surface area (Å²) in [6, 6.07) is 0. The van der Waals surface area contributed by atoms with Gasteiger partial charge in [0.25, 0.3) is 0 Å². The number of nitrogens with zero attached hydrogens (tertiary/aromatic N) is 2. The number of carbonyl (C=O) groups is 1. The molecule has 148 valence electrons. The van der Waals surface area contributed by atoms with Crippen molar-refractivity contribution in [1.82, 2.24) is 14.9 Å². The lowest BCUT2D eigenvalue weighted by atomic mass is 10.2. The summed E-state index contributed by atoms with van der Waals surface area (Å²) in [6.45, 7) is 0.468. The number of carbonyl (C=O) groups excluding carboxylic acids is 1. The molecular formula is C17H25N5O5. The molecular weight excluding hydrogens is 354 g/mol. The van der Waals surface area contributed by atoms with Crippen molar-refractivity contribution in [1.29, 1.82) is 0 Å². The molecule has 2 atom stereocenters. The average molecular weight is 379 g/mol. The molecule has 27 heavy (non-hydrogen) atoms. The van der Waals surface area contributed by atoms with Crippen LogP contribution in [-0.4, -0.2) is 46.4 Å². The van der Waals surface area contributed by atoms with Crippen LogP contribution in [0.5, 0.6) is 0 Å². The number of unbranched alkanes of at least 4 members (excludes halogenated alkanes) is 1. The number of anilines is 1. The van der Waals surface area contributed by atoms with E-state index in [4.69, 9.17) is 21.5 Å². The van der Waals surface area contributed by atoms with Crippen molar-refractivity contribution in [3.05, 3.63) is 22.2 Å². The lowest BCUT2D eigenvalue weighted by Gasteiger charge is -2.15. The summed E-state index contributed by atoms with van der Waals surface area (Å²) in [6.07, 6.45) is 3.70. The van der Waals surface area contributed by atoms with Gasteiger partial charge in [0, 0.05) is 12.6 Å². The predicted octanol–water partition coefficient (Wildman–Crippen LogP) is -0.976. The van der Waals surface area contributed by atoms with Gasteiger partial charge in [-0.25, -0.2) is 10.7 Å². The number of ether oxygens (including phenoxy) is 1. The summed E-state index contributed by atoms with van der Waals surface area (Å²) in [5, 5.41) is 11.8. The Bertz CT molecular complexity index is 754. The van der Waals surface area contributed by atoms with Crippen LogP contribution in [0.2, 0.25) is 0 Å². The van der Waals surface area contributed by atoms with Gasteiger partial charge < -0.3 is 25.7 Å². The molecule has 1 amide bonds. The quantitative estimate of drug-likeness (QED) is 0.255. The van der Waals surface area contributed by atoms with Gasteiger partial charge in [0.1, 0.15) is 12.0 Å². The number of amides is 1. The number of aliphatic hydroxyl groups is 1. The number of aliphatic hydroxyl groups excluding tert-OH is 1.